The van der Waals surface area contributed by atoms with Crippen LogP contribution in [0.2, 0.25) is 0 Å². The number of ether oxygens (including phenoxy) is 5. The first kappa shape index (κ1) is 31.9. The largest absolute Gasteiger partial charge is 0.459 e. The number of carbonyl (C=O) groups excluding carboxylic acids is 2. The van der Waals surface area contributed by atoms with Crippen LogP contribution < -0.4 is 0 Å². The third-order valence-corrected chi connectivity index (χ3v) is 7.86. The van der Waals surface area contributed by atoms with E-state index in [2.05, 4.69) is 0 Å². The summed E-state index contributed by atoms with van der Waals surface area (Å²) in [5.74, 6) is -1.26. The van der Waals surface area contributed by atoms with Crippen molar-refractivity contribution in [2.45, 2.75) is 61.5 Å². The fourth-order valence-corrected chi connectivity index (χ4v) is 5.15. The van der Waals surface area contributed by atoms with Crippen molar-refractivity contribution in [3.8, 4) is 0 Å². The van der Waals surface area contributed by atoms with E-state index in [0.717, 1.165) is 22.9 Å². The molecular formula is C28H34F2O9S. The second-order valence-electron chi connectivity index (χ2n) is 9.32. The third kappa shape index (κ3) is 7.99. The van der Waals surface area contributed by atoms with E-state index in [0.29, 0.717) is 11.1 Å². The number of aliphatic hydroxyl groups excluding tert-OH is 2. The van der Waals surface area contributed by atoms with Crippen LogP contribution in [-0.2, 0) is 23.7 Å². The number of aliphatic hydroxyl groups is 2. The van der Waals surface area contributed by atoms with E-state index < -0.39 is 59.6 Å². The first-order valence-corrected chi connectivity index (χ1v) is 13.5. The number of thioether (sulfide) groups is 1. The highest BCUT2D eigenvalue weighted by molar-refractivity contribution is 8.00. The predicted octanol–water partition coefficient (Wildman–Crippen LogP) is 3.16. The molecule has 0 saturated carbocycles. The average Bonchev–Trinajstić information content (AvgIpc) is 3.42. The zero-order valence-corrected chi connectivity index (χ0v) is 23.4. The van der Waals surface area contributed by atoms with Gasteiger partial charge in [0.25, 0.3) is 0 Å². The van der Waals surface area contributed by atoms with Crippen molar-refractivity contribution in [3.63, 3.8) is 0 Å². The first-order valence-electron chi connectivity index (χ1n) is 12.5. The lowest BCUT2D eigenvalue weighted by Gasteiger charge is -2.19. The molecule has 0 aliphatic carbocycles. The summed E-state index contributed by atoms with van der Waals surface area (Å²) in [6.07, 6.45) is -7.67. The Hall–Kier alpha value is -2.61. The molecule has 0 amide bonds. The molecule has 0 spiro atoms. The lowest BCUT2D eigenvalue weighted by molar-refractivity contribution is -0.142. The maximum absolute atomic E-state index is 14.7. The molecule has 40 heavy (non-hydrogen) atoms. The molecule has 0 radical (unpaired) electrons. The number of esters is 2. The van der Waals surface area contributed by atoms with Crippen molar-refractivity contribution in [1.29, 1.82) is 0 Å². The fraction of sp³-hybridized carbons (Fsp3) is 0.500. The van der Waals surface area contributed by atoms with Gasteiger partial charge in [-0.15, -0.1) is 11.8 Å². The van der Waals surface area contributed by atoms with Crippen LogP contribution in [0.25, 0.3) is 0 Å². The highest BCUT2D eigenvalue weighted by atomic mass is 32.2. The number of hydrogen-bond donors (Lipinski definition) is 2. The van der Waals surface area contributed by atoms with Crippen LogP contribution in [0.5, 0.6) is 0 Å². The van der Waals surface area contributed by atoms with Crippen LogP contribution in [0.1, 0.15) is 31.8 Å². The summed E-state index contributed by atoms with van der Waals surface area (Å²) in [5.41, 5.74) is 2.00. The zero-order valence-electron chi connectivity index (χ0n) is 22.6. The van der Waals surface area contributed by atoms with E-state index in [1.165, 1.54) is 14.2 Å². The topological polar surface area (TPSA) is 121 Å². The van der Waals surface area contributed by atoms with Crippen molar-refractivity contribution in [2.24, 2.45) is 0 Å². The summed E-state index contributed by atoms with van der Waals surface area (Å²) < 4.78 is 53.3. The highest BCUT2D eigenvalue weighted by Crippen LogP contribution is 2.36. The van der Waals surface area contributed by atoms with Crippen molar-refractivity contribution in [1.82, 2.24) is 0 Å². The van der Waals surface area contributed by atoms with Gasteiger partial charge in [-0.25, -0.2) is 18.4 Å². The summed E-state index contributed by atoms with van der Waals surface area (Å²) in [4.78, 5) is 24.6. The Morgan fingerprint density at radius 2 is 1.45 bits per heavy atom. The Morgan fingerprint density at radius 1 is 0.900 bits per heavy atom. The molecule has 0 aromatic heterocycles. The zero-order chi connectivity index (χ0) is 29.4. The second kappa shape index (κ2) is 14.9. The minimum absolute atomic E-state index is 0.216. The summed E-state index contributed by atoms with van der Waals surface area (Å²) in [6.45, 7) is 3.30. The van der Waals surface area contributed by atoms with Crippen LogP contribution in [-0.4, -0.2) is 97.2 Å². The molecule has 2 aromatic rings. The molecule has 2 heterocycles. The second-order valence-corrected chi connectivity index (χ2v) is 10.7. The van der Waals surface area contributed by atoms with Gasteiger partial charge in [-0.05, 0) is 38.1 Å². The van der Waals surface area contributed by atoms with Gasteiger partial charge in [0.15, 0.2) is 24.7 Å². The third-order valence-electron chi connectivity index (χ3n) is 6.37. The highest BCUT2D eigenvalue weighted by Gasteiger charge is 2.49. The van der Waals surface area contributed by atoms with E-state index in [1.807, 2.05) is 13.8 Å². The van der Waals surface area contributed by atoms with Crippen LogP contribution in [0, 0.1) is 13.8 Å². The van der Waals surface area contributed by atoms with E-state index in [4.69, 9.17) is 33.9 Å². The van der Waals surface area contributed by atoms with Gasteiger partial charge in [-0.2, -0.15) is 0 Å². The first-order chi connectivity index (χ1) is 19.1. The Balaban J connectivity index is 0.000000336. The number of hydrogen-bond acceptors (Lipinski definition) is 10. The van der Waals surface area contributed by atoms with E-state index >= 15 is 0 Å². The number of rotatable bonds is 8. The monoisotopic (exact) mass is 584 g/mol. The molecule has 2 aliphatic heterocycles. The number of carbonyl (C=O) groups is 2. The van der Waals surface area contributed by atoms with Crippen LogP contribution >= 0.6 is 11.8 Å². The SMILES string of the molecule is COC1O[C@H](COC(=O)c2ccc(C)cc2)[C@@H](OC(=O)c2ccc(C)cc2)[C@@H]1F.COC1S[C@H](CO)[C@@H](O)[C@@H]1F. The smallest absolute Gasteiger partial charge is 0.338 e. The van der Waals surface area contributed by atoms with Crippen LogP contribution in [0.15, 0.2) is 48.5 Å². The molecule has 2 aromatic carbocycles. The normalized spacial score (nSPS) is 29.4. The Kier molecular flexibility index (Phi) is 11.9. The van der Waals surface area contributed by atoms with Gasteiger partial charge in [0.1, 0.15) is 24.3 Å². The molecule has 220 valence electrons. The molecule has 2 N–H and O–H groups in total. The van der Waals surface area contributed by atoms with E-state index in [9.17, 15) is 18.4 Å². The number of benzene rings is 2. The molecule has 2 unspecified atom stereocenters. The summed E-state index contributed by atoms with van der Waals surface area (Å²) >= 11 is 1.13. The summed E-state index contributed by atoms with van der Waals surface area (Å²) in [6, 6.07) is 13.6. The molecule has 9 nitrogen and oxygen atoms in total. The Morgan fingerprint density at radius 3 is 1.90 bits per heavy atom. The number of halogens is 2. The van der Waals surface area contributed by atoms with Gasteiger partial charge in [-0.3, -0.25) is 0 Å². The van der Waals surface area contributed by atoms with Crippen molar-refractivity contribution >= 4 is 23.7 Å². The maximum Gasteiger partial charge on any atom is 0.338 e. The lowest BCUT2D eigenvalue weighted by atomic mass is 10.1. The van der Waals surface area contributed by atoms with Crippen molar-refractivity contribution < 1.29 is 52.3 Å². The minimum atomic E-state index is -1.71. The average molecular weight is 585 g/mol. The standard InChI is InChI=1S/C22H23FO6.C6H11FO3S/c1-13-4-8-15(9-5-13)20(24)27-12-17-19(18(23)22(26-3)28-17)29-21(25)16-10-6-14(2)7-11-16;1-10-6-4(7)5(9)3(2-8)11-6/h4-11,17-19,22H,12H2,1-3H3;3-6,8-9H,2H2,1H3/t17-,18+,19-,22?;3-,4+,5-,6?/m11/s1. The Labute approximate surface area is 235 Å². The molecule has 4 rings (SSSR count). The minimum Gasteiger partial charge on any atom is -0.459 e. The van der Waals surface area contributed by atoms with Gasteiger partial charge in [0, 0.05) is 14.2 Å². The quantitative estimate of drug-likeness (QED) is 0.448. The van der Waals surface area contributed by atoms with Crippen LogP contribution in [0.4, 0.5) is 8.78 Å². The molecule has 2 fully saturated rings. The predicted molar refractivity (Wildman–Crippen MR) is 143 cm³/mol. The fourth-order valence-electron chi connectivity index (χ4n) is 3.99. The van der Waals surface area contributed by atoms with Crippen molar-refractivity contribution in [2.75, 3.05) is 27.4 Å². The van der Waals surface area contributed by atoms with E-state index in [-0.39, 0.29) is 13.2 Å². The number of aryl methyl sites for hydroxylation is 2. The number of methoxy groups -OCH3 is 2. The molecule has 0 bridgehead atoms. The Bertz CT molecular complexity index is 1080. The number of alkyl halides is 2. The van der Waals surface area contributed by atoms with Crippen molar-refractivity contribution in [3.05, 3.63) is 70.8 Å². The summed E-state index contributed by atoms with van der Waals surface area (Å²) in [5, 5.41) is 17.3. The molecule has 8 atom stereocenters. The van der Waals surface area contributed by atoms with Gasteiger partial charge < -0.3 is 33.9 Å². The van der Waals surface area contributed by atoms with Gasteiger partial charge in [-0.1, -0.05) is 35.4 Å². The molecular weight excluding hydrogens is 550 g/mol. The molecule has 2 aliphatic rings. The maximum atomic E-state index is 14.7. The molecule has 2 saturated heterocycles. The van der Waals surface area contributed by atoms with Gasteiger partial charge in [0.2, 0.25) is 0 Å². The lowest BCUT2D eigenvalue weighted by Crippen LogP contribution is -2.37. The van der Waals surface area contributed by atoms with Crippen LogP contribution in [0.3, 0.4) is 0 Å². The van der Waals surface area contributed by atoms with Gasteiger partial charge in [0.05, 0.1) is 23.0 Å². The van der Waals surface area contributed by atoms with E-state index in [1.54, 1.807) is 48.5 Å². The summed E-state index contributed by atoms with van der Waals surface area (Å²) in [7, 11) is 2.67. The van der Waals surface area contributed by atoms with Gasteiger partial charge >= 0.3 is 11.9 Å². The molecule has 12 heteroatoms.